The molecule has 1 saturated heterocycles. The largest absolute Gasteiger partial charge is 0.480 e. The number of nitrogens with two attached hydrogens (primary N) is 1. The molecule has 0 aliphatic carbocycles. The fourth-order valence-corrected chi connectivity index (χ4v) is 2.50. The highest BCUT2D eigenvalue weighted by atomic mass is 16.4. The van der Waals surface area contributed by atoms with Crippen LogP contribution in [0, 0.1) is 0 Å². The van der Waals surface area contributed by atoms with Gasteiger partial charge in [0.1, 0.15) is 6.04 Å². The lowest BCUT2D eigenvalue weighted by Gasteiger charge is -2.30. The van der Waals surface area contributed by atoms with E-state index in [1.165, 1.54) is 0 Å². The minimum atomic E-state index is -1.26. The number of urea groups is 1. The Morgan fingerprint density at radius 1 is 1.35 bits per heavy atom. The Hall–Kier alpha value is -1.79. The van der Waals surface area contributed by atoms with Crippen molar-refractivity contribution < 1.29 is 19.5 Å². The third kappa shape index (κ3) is 4.71. The Kier molecular flexibility index (Phi) is 6.27. The number of primary amides is 1. The Morgan fingerprint density at radius 3 is 2.60 bits per heavy atom. The molecule has 2 atom stereocenters. The fourth-order valence-electron chi connectivity index (χ4n) is 2.50. The molecule has 0 aromatic rings. The molecule has 0 aromatic heterocycles. The second-order valence-corrected chi connectivity index (χ2v) is 5.12. The van der Waals surface area contributed by atoms with Crippen LogP contribution in [0.4, 0.5) is 4.79 Å². The molecule has 1 unspecified atom stereocenters. The average molecular weight is 285 g/mol. The third-order valence-electron chi connectivity index (χ3n) is 3.61. The van der Waals surface area contributed by atoms with Crippen molar-refractivity contribution in [3.8, 4) is 0 Å². The maximum Gasteiger partial charge on any atom is 0.326 e. The van der Waals surface area contributed by atoms with Crippen LogP contribution < -0.4 is 11.1 Å². The zero-order valence-electron chi connectivity index (χ0n) is 11.8. The zero-order valence-corrected chi connectivity index (χ0v) is 11.8. The second kappa shape index (κ2) is 7.72. The first kappa shape index (κ1) is 16.3. The number of carboxylic acid groups (broad SMARTS) is 1. The molecule has 1 rings (SSSR count). The van der Waals surface area contributed by atoms with Crippen molar-refractivity contribution in [3.05, 3.63) is 0 Å². The number of nitrogens with zero attached hydrogens (tertiary/aromatic N) is 1. The summed E-state index contributed by atoms with van der Waals surface area (Å²) < 4.78 is 0. The van der Waals surface area contributed by atoms with E-state index < -0.39 is 30.4 Å². The first-order chi connectivity index (χ1) is 9.45. The van der Waals surface area contributed by atoms with Gasteiger partial charge in [-0.25, -0.2) is 9.59 Å². The van der Waals surface area contributed by atoms with Gasteiger partial charge in [-0.1, -0.05) is 19.8 Å². The summed E-state index contributed by atoms with van der Waals surface area (Å²) in [4.78, 5) is 35.8. The number of aliphatic carboxylic acids is 1. The molecule has 20 heavy (non-hydrogen) atoms. The van der Waals surface area contributed by atoms with Crippen molar-refractivity contribution in [3.63, 3.8) is 0 Å². The lowest BCUT2D eigenvalue weighted by molar-refractivity contribution is -0.141. The molecule has 0 spiro atoms. The number of amides is 3. The van der Waals surface area contributed by atoms with Gasteiger partial charge >= 0.3 is 12.0 Å². The minimum absolute atomic E-state index is 0.125. The molecule has 1 aliphatic rings. The molecule has 3 amide bonds. The monoisotopic (exact) mass is 285 g/mol. The number of hydrogen-bond acceptors (Lipinski definition) is 3. The van der Waals surface area contributed by atoms with Gasteiger partial charge in [0.2, 0.25) is 5.91 Å². The van der Waals surface area contributed by atoms with Crippen molar-refractivity contribution in [2.45, 2.75) is 57.5 Å². The zero-order chi connectivity index (χ0) is 15.1. The molecule has 7 nitrogen and oxygen atoms in total. The summed E-state index contributed by atoms with van der Waals surface area (Å²) in [6.07, 6.45) is 4.43. The summed E-state index contributed by atoms with van der Waals surface area (Å²) in [6, 6.07) is -1.56. The molecule has 0 radical (unpaired) electrons. The summed E-state index contributed by atoms with van der Waals surface area (Å²) >= 11 is 0. The van der Waals surface area contributed by atoms with Gasteiger partial charge in [0.05, 0.1) is 6.42 Å². The van der Waals surface area contributed by atoms with Crippen LogP contribution in [0.25, 0.3) is 0 Å². The van der Waals surface area contributed by atoms with Gasteiger partial charge in [-0.2, -0.15) is 0 Å². The van der Waals surface area contributed by atoms with Crippen LogP contribution in [-0.4, -0.2) is 46.5 Å². The summed E-state index contributed by atoms with van der Waals surface area (Å²) in [7, 11) is 0. The Labute approximate surface area is 118 Å². The normalized spacial score (nSPS) is 20.9. The molecular formula is C13H23N3O4. The Bertz CT molecular complexity index is 373. The van der Waals surface area contributed by atoms with Gasteiger partial charge in [0.15, 0.2) is 0 Å². The lowest BCUT2D eigenvalue weighted by atomic mass is 10.1. The quantitative estimate of drug-likeness (QED) is 0.689. The van der Waals surface area contributed by atoms with Crippen LogP contribution in [0.1, 0.15) is 45.4 Å². The molecule has 7 heteroatoms. The van der Waals surface area contributed by atoms with Gasteiger partial charge < -0.3 is 21.1 Å². The maximum atomic E-state index is 12.2. The topological polar surface area (TPSA) is 113 Å². The van der Waals surface area contributed by atoms with Crippen LogP contribution in [0.15, 0.2) is 0 Å². The molecule has 1 fully saturated rings. The van der Waals surface area contributed by atoms with E-state index in [1.807, 2.05) is 6.92 Å². The number of likely N-dealkylation sites (tertiary alicyclic amines) is 1. The van der Waals surface area contributed by atoms with Crippen LogP contribution in [-0.2, 0) is 9.59 Å². The van der Waals surface area contributed by atoms with E-state index in [1.54, 1.807) is 4.90 Å². The SMILES string of the molecule is CCC1CCCCCN1C(=O)N[C@H](CC(N)=O)C(=O)O. The molecular weight excluding hydrogens is 262 g/mol. The average Bonchev–Trinajstić information content (AvgIpc) is 2.62. The number of carbonyl (C=O) groups is 3. The van der Waals surface area contributed by atoms with E-state index >= 15 is 0 Å². The number of carbonyl (C=O) groups excluding carboxylic acids is 2. The Morgan fingerprint density at radius 2 is 2.05 bits per heavy atom. The van der Waals surface area contributed by atoms with Gasteiger partial charge in [0, 0.05) is 12.6 Å². The highest BCUT2D eigenvalue weighted by Gasteiger charge is 2.28. The molecule has 4 N–H and O–H groups in total. The molecule has 1 heterocycles. The van der Waals surface area contributed by atoms with E-state index in [0.717, 1.165) is 32.1 Å². The molecule has 0 bridgehead atoms. The van der Waals surface area contributed by atoms with Crippen molar-refractivity contribution in [1.29, 1.82) is 0 Å². The number of hydrogen-bond donors (Lipinski definition) is 3. The molecule has 0 saturated carbocycles. The number of carboxylic acids is 1. The summed E-state index contributed by atoms with van der Waals surface area (Å²) in [6.45, 7) is 2.63. The summed E-state index contributed by atoms with van der Waals surface area (Å²) in [5.74, 6) is -2.00. The Balaban J connectivity index is 2.70. The van der Waals surface area contributed by atoms with Gasteiger partial charge in [-0.3, -0.25) is 4.79 Å². The van der Waals surface area contributed by atoms with Crippen LogP contribution >= 0.6 is 0 Å². The van der Waals surface area contributed by atoms with Gasteiger partial charge in [0.25, 0.3) is 0 Å². The first-order valence-electron chi connectivity index (χ1n) is 7.04. The predicted octanol–water partition coefficient (Wildman–Crippen LogP) is 0.679. The number of rotatable bonds is 5. The molecule has 114 valence electrons. The summed E-state index contributed by atoms with van der Waals surface area (Å²) in [5.41, 5.74) is 5.00. The third-order valence-corrected chi connectivity index (χ3v) is 3.61. The van der Waals surface area contributed by atoms with E-state index in [-0.39, 0.29) is 6.04 Å². The maximum absolute atomic E-state index is 12.2. The smallest absolute Gasteiger partial charge is 0.326 e. The van der Waals surface area contributed by atoms with E-state index in [0.29, 0.717) is 6.54 Å². The standard InChI is InChI=1S/C13H23N3O4/c1-2-9-6-4-3-5-7-16(9)13(20)15-10(12(18)19)8-11(14)17/h9-10H,2-8H2,1H3,(H2,14,17)(H,15,20)(H,18,19)/t9?,10-/m1/s1. The van der Waals surface area contributed by atoms with Crippen molar-refractivity contribution >= 4 is 17.9 Å². The van der Waals surface area contributed by atoms with Gasteiger partial charge in [-0.15, -0.1) is 0 Å². The first-order valence-corrected chi connectivity index (χ1v) is 7.04. The predicted molar refractivity (Wildman–Crippen MR) is 73.0 cm³/mol. The van der Waals surface area contributed by atoms with E-state index in [4.69, 9.17) is 10.8 Å². The fraction of sp³-hybridized carbons (Fsp3) is 0.769. The van der Waals surface area contributed by atoms with Crippen molar-refractivity contribution in [1.82, 2.24) is 10.2 Å². The molecule has 1 aliphatic heterocycles. The van der Waals surface area contributed by atoms with Crippen LogP contribution in [0.3, 0.4) is 0 Å². The highest BCUT2D eigenvalue weighted by molar-refractivity contribution is 5.87. The summed E-state index contributed by atoms with van der Waals surface area (Å²) in [5, 5.41) is 11.4. The molecule has 0 aromatic carbocycles. The van der Waals surface area contributed by atoms with Crippen molar-refractivity contribution in [2.24, 2.45) is 5.73 Å². The van der Waals surface area contributed by atoms with Crippen molar-refractivity contribution in [2.75, 3.05) is 6.54 Å². The van der Waals surface area contributed by atoms with E-state index in [9.17, 15) is 14.4 Å². The minimum Gasteiger partial charge on any atom is -0.480 e. The van der Waals surface area contributed by atoms with E-state index in [2.05, 4.69) is 5.32 Å². The van der Waals surface area contributed by atoms with Gasteiger partial charge in [-0.05, 0) is 19.3 Å². The lowest BCUT2D eigenvalue weighted by Crippen LogP contribution is -2.52. The second-order valence-electron chi connectivity index (χ2n) is 5.12. The highest BCUT2D eigenvalue weighted by Crippen LogP contribution is 2.19. The number of nitrogens with one attached hydrogen (secondary N) is 1. The van der Waals surface area contributed by atoms with Crippen LogP contribution in [0.2, 0.25) is 0 Å². The van der Waals surface area contributed by atoms with Crippen LogP contribution in [0.5, 0.6) is 0 Å².